The van der Waals surface area contributed by atoms with Crippen LogP contribution in [-0.4, -0.2) is 45.4 Å². The van der Waals surface area contributed by atoms with E-state index in [2.05, 4.69) is 9.97 Å². The lowest BCUT2D eigenvalue weighted by molar-refractivity contribution is -0.181. The number of thiazole rings is 1. The predicted octanol–water partition coefficient (Wildman–Crippen LogP) is 4.01. The predicted molar refractivity (Wildman–Crippen MR) is 116 cm³/mol. The second kappa shape index (κ2) is 8.13. The smallest absolute Gasteiger partial charge is 0.368 e. The molecule has 2 aromatic rings. The van der Waals surface area contributed by atoms with Crippen molar-refractivity contribution in [3.05, 3.63) is 34.7 Å². The Morgan fingerprint density at radius 3 is 2.56 bits per heavy atom. The first-order valence-corrected chi connectivity index (χ1v) is 11.1. The average molecular weight is 469 g/mol. The van der Waals surface area contributed by atoms with Crippen LogP contribution in [0.15, 0.2) is 18.3 Å². The molecule has 2 N–H and O–H groups in total. The van der Waals surface area contributed by atoms with E-state index in [1.54, 1.807) is 13.0 Å². The van der Waals surface area contributed by atoms with Gasteiger partial charge in [0.2, 0.25) is 11.8 Å². The molecular formula is C22H27F3N4O2S. The number of nitrogens with zero attached hydrogens (tertiary/aromatic N) is 3. The van der Waals surface area contributed by atoms with E-state index >= 15 is 0 Å². The maximum atomic E-state index is 13.4. The van der Waals surface area contributed by atoms with Crippen molar-refractivity contribution in [3.63, 3.8) is 0 Å². The number of alkyl halides is 3. The molecule has 2 aromatic heterocycles. The normalized spacial score (nSPS) is 18.8. The fourth-order valence-electron chi connectivity index (χ4n) is 3.99. The van der Waals surface area contributed by atoms with Gasteiger partial charge in [-0.05, 0) is 50.3 Å². The molecule has 10 heteroatoms. The van der Waals surface area contributed by atoms with E-state index in [9.17, 15) is 22.8 Å². The largest absolute Gasteiger partial charge is 0.399 e. The third-order valence-corrected chi connectivity index (χ3v) is 7.36. The van der Waals surface area contributed by atoms with E-state index in [-0.39, 0.29) is 18.0 Å². The summed E-state index contributed by atoms with van der Waals surface area (Å²) in [6.45, 7) is 8.19. The molecule has 1 fully saturated rings. The molecule has 0 bridgehead atoms. The first kappa shape index (κ1) is 24.2. The van der Waals surface area contributed by atoms with Gasteiger partial charge < -0.3 is 10.6 Å². The number of halogens is 3. The monoisotopic (exact) mass is 468 g/mol. The Morgan fingerprint density at radius 1 is 1.31 bits per heavy atom. The summed E-state index contributed by atoms with van der Waals surface area (Å²) in [6.07, 6.45) is -2.42. The van der Waals surface area contributed by atoms with Crippen LogP contribution in [-0.2, 0) is 21.4 Å². The Morgan fingerprint density at radius 2 is 1.97 bits per heavy atom. The number of aryl methyl sites for hydroxylation is 1. The minimum absolute atomic E-state index is 0.00263. The SMILES string of the molecule is Cc1nc(CC(=O)N2CCC(C)(C)C2C(N)=O)sc1-c1ccnc(C(C)(C)C(F)(F)F)c1. The highest BCUT2D eigenvalue weighted by Gasteiger charge is 2.49. The van der Waals surface area contributed by atoms with Crippen LogP contribution in [0.5, 0.6) is 0 Å². The second-order valence-corrected chi connectivity index (χ2v) is 10.5. The highest BCUT2D eigenvalue weighted by Crippen LogP contribution is 2.41. The molecule has 1 atom stereocenters. The van der Waals surface area contributed by atoms with Crippen molar-refractivity contribution in [1.29, 1.82) is 0 Å². The van der Waals surface area contributed by atoms with Gasteiger partial charge in [-0.3, -0.25) is 14.6 Å². The first-order valence-electron chi connectivity index (χ1n) is 10.2. The van der Waals surface area contributed by atoms with E-state index in [0.717, 1.165) is 13.8 Å². The molecule has 174 valence electrons. The molecule has 1 aliphatic rings. The summed E-state index contributed by atoms with van der Waals surface area (Å²) in [4.78, 5) is 35.4. The van der Waals surface area contributed by atoms with Crippen molar-refractivity contribution < 1.29 is 22.8 Å². The van der Waals surface area contributed by atoms with Crippen LogP contribution in [0.2, 0.25) is 0 Å². The lowest BCUT2D eigenvalue weighted by Crippen LogP contribution is -2.49. The Balaban J connectivity index is 1.86. The summed E-state index contributed by atoms with van der Waals surface area (Å²) < 4.78 is 40.3. The van der Waals surface area contributed by atoms with Crippen LogP contribution in [0.4, 0.5) is 13.2 Å². The van der Waals surface area contributed by atoms with Crippen molar-refractivity contribution in [1.82, 2.24) is 14.9 Å². The summed E-state index contributed by atoms with van der Waals surface area (Å²) in [6, 6.07) is 2.38. The summed E-state index contributed by atoms with van der Waals surface area (Å²) in [7, 11) is 0. The summed E-state index contributed by atoms with van der Waals surface area (Å²) in [5, 5.41) is 0.531. The molecule has 2 amide bonds. The number of nitrogens with two attached hydrogens (primary N) is 1. The zero-order valence-electron chi connectivity index (χ0n) is 18.7. The molecular weight excluding hydrogens is 441 g/mol. The fraction of sp³-hybridized carbons (Fsp3) is 0.545. The third kappa shape index (κ3) is 4.37. The van der Waals surface area contributed by atoms with Crippen molar-refractivity contribution in [3.8, 4) is 10.4 Å². The second-order valence-electron chi connectivity index (χ2n) is 9.38. The van der Waals surface area contributed by atoms with E-state index in [0.29, 0.717) is 34.1 Å². The quantitative estimate of drug-likeness (QED) is 0.718. The molecule has 1 aliphatic heterocycles. The topological polar surface area (TPSA) is 89.2 Å². The van der Waals surface area contributed by atoms with Crippen LogP contribution in [0.3, 0.4) is 0 Å². The first-order chi connectivity index (χ1) is 14.6. The van der Waals surface area contributed by atoms with Gasteiger partial charge in [-0.25, -0.2) is 4.98 Å². The molecule has 0 aliphatic carbocycles. The fourth-order valence-corrected chi connectivity index (χ4v) is 5.04. The minimum atomic E-state index is -4.45. The van der Waals surface area contributed by atoms with Gasteiger partial charge in [0.1, 0.15) is 16.5 Å². The molecule has 3 heterocycles. The van der Waals surface area contributed by atoms with E-state index in [1.807, 2.05) is 13.8 Å². The highest BCUT2D eigenvalue weighted by molar-refractivity contribution is 7.15. The van der Waals surface area contributed by atoms with E-state index in [4.69, 9.17) is 5.73 Å². The number of primary amides is 1. The molecule has 1 unspecified atom stereocenters. The van der Waals surface area contributed by atoms with Gasteiger partial charge in [-0.15, -0.1) is 11.3 Å². The Labute approximate surface area is 189 Å². The van der Waals surface area contributed by atoms with E-state index < -0.39 is 29.0 Å². The maximum Gasteiger partial charge on any atom is 0.399 e. The molecule has 0 aromatic carbocycles. The average Bonchev–Trinajstić information content (AvgIpc) is 3.19. The molecule has 0 saturated carbocycles. The third-order valence-electron chi connectivity index (χ3n) is 6.15. The molecule has 0 spiro atoms. The van der Waals surface area contributed by atoms with Crippen LogP contribution in [0, 0.1) is 12.3 Å². The van der Waals surface area contributed by atoms with Crippen LogP contribution < -0.4 is 5.73 Å². The Hall–Kier alpha value is -2.49. The van der Waals surface area contributed by atoms with Crippen LogP contribution in [0.25, 0.3) is 10.4 Å². The molecule has 1 saturated heterocycles. The number of pyridine rings is 1. The van der Waals surface area contributed by atoms with Crippen LogP contribution >= 0.6 is 11.3 Å². The number of rotatable bonds is 5. The van der Waals surface area contributed by atoms with Gasteiger partial charge in [-0.1, -0.05) is 13.8 Å². The standard InChI is InChI=1S/C22H27F3N4O2S/c1-12-17(13-6-8-27-14(10-13)21(4,5)22(23,24)25)32-15(28-12)11-16(30)29-9-7-20(2,3)18(29)19(26)31/h6,8,10,18H,7,9,11H2,1-5H3,(H2,26,31). The molecule has 32 heavy (non-hydrogen) atoms. The van der Waals surface area contributed by atoms with Gasteiger partial charge in [-0.2, -0.15) is 13.2 Å². The maximum absolute atomic E-state index is 13.4. The lowest BCUT2D eigenvalue weighted by atomic mass is 9.84. The van der Waals surface area contributed by atoms with Crippen LogP contribution in [0.1, 0.15) is 50.5 Å². The zero-order chi connectivity index (χ0) is 24.1. The van der Waals surface area contributed by atoms with Crippen molar-refractivity contribution in [2.45, 2.75) is 65.1 Å². The lowest BCUT2D eigenvalue weighted by Gasteiger charge is -2.29. The van der Waals surface area contributed by atoms with Gasteiger partial charge >= 0.3 is 6.18 Å². The molecule has 3 rings (SSSR count). The zero-order valence-corrected chi connectivity index (χ0v) is 19.5. The number of amides is 2. The van der Waals surface area contributed by atoms with Gasteiger partial charge in [0.25, 0.3) is 0 Å². The number of aromatic nitrogens is 2. The number of likely N-dealkylation sites (tertiary alicyclic amines) is 1. The van der Waals surface area contributed by atoms with Crippen molar-refractivity contribution >= 4 is 23.2 Å². The summed E-state index contributed by atoms with van der Waals surface area (Å²) >= 11 is 1.25. The number of hydrogen-bond acceptors (Lipinski definition) is 5. The van der Waals surface area contributed by atoms with Gasteiger partial charge in [0.15, 0.2) is 0 Å². The summed E-state index contributed by atoms with van der Waals surface area (Å²) in [5.41, 5.74) is 4.14. The Bertz CT molecular complexity index is 1050. The van der Waals surface area contributed by atoms with Crippen molar-refractivity contribution in [2.24, 2.45) is 11.1 Å². The van der Waals surface area contributed by atoms with Gasteiger partial charge in [0.05, 0.1) is 22.7 Å². The van der Waals surface area contributed by atoms with E-state index in [1.165, 1.54) is 28.5 Å². The molecule has 0 radical (unpaired) electrons. The number of hydrogen-bond donors (Lipinski definition) is 1. The summed E-state index contributed by atoms with van der Waals surface area (Å²) in [5.74, 6) is -0.776. The highest BCUT2D eigenvalue weighted by atomic mass is 32.1. The number of carbonyl (C=O) groups is 2. The van der Waals surface area contributed by atoms with Gasteiger partial charge in [0, 0.05) is 12.7 Å². The number of carbonyl (C=O) groups excluding carboxylic acids is 2. The molecule has 6 nitrogen and oxygen atoms in total. The Kier molecular flexibility index (Phi) is 6.14. The van der Waals surface area contributed by atoms with Crippen molar-refractivity contribution in [2.75, 3.05) is 6.54 Å². The minimum Gasteiger partial charge on any atom is -0.368 e.